The lowest BCUT2D eigenvalue weighted by Gasteiger charge is -2.10. The maximum absolute atomic E-state index is 13.3. The number of ether oxygens (including phenoxy) is 2. The van der Waals surface area contributed by atoms with Crippen molar-refractivity contribution < 1.29 is 9.47 Å². The van der Waals surface area contributed by atoms with Crippen molar-refractivity contribution in [3.8, 4) is 34.0 Å². The molecule has 0 aliphatic heterocycles. The fraction of sp³-hybridized carbons (Fsp3) is 0.400. The van der Waals surface area contributed by atoms with Crippen LogP contribution in [0.4, 0.5) is 0 Å². The fourth-order valence-electron chi connectivity index (χ4n) is 5.91. The van der Waals surface area contributed by atoms with Crippen molar-refractivity contribution >= 4 is 21.8 Å². The van der Waals surface area contributed by atoms with Gasteiger partial charge in [-0.3, -0.25) is 9.59 Å². The van der Waals surface area contributed by atoms with E-state index in [-0.39, 0.29) is 10.9 Å². The Kier molecular flexibility index (Phi) is 12.1. The summed E-state index contributed by atoms with van der Waals surface area (Å²) < 4.78 is 11.8. The molecule has 0 atom stereocenters. The lowest BCUT2D eigenvalue weighted by molar-refractivity contribution is 0.304. The predicted octanol–water partition coefficient (Wildman–Crippen LogP) is 10.2. The minimum absolute atomic E-state index is 0.104. The average Bonchev–Trinajstić information content (AvgIpc) is 3.07. The van der Waals surface area contributed by atoms with E-state index < -0.39 is 0 Å². The molecular weight excluding hydrogens is 572 g/mol. The first-order valence-electron chi connectivity index (χ1n) is 17.3. The van der Waals surface area contributed by atoms with Crippen molar-refractivity contribution in [2.24, 2.45) is 0 Å². The molecule has 0 fully saturated rings. The SMILES string of the molecule is CCCCCCCCOc1ccc(-c2cc(=O)c3cc4[nH]c(-c5ccc(OCCCCCCCC)cc5)cc(=O)c4cc3[nH]2)cc1. The van der Waals surface area contributed by atoms with Crippen molar-refractivity contribution in [2.75, 3.05) is 13.2 Å². The molecule has 46 heavy (non-hydrogen) atoms. The number of unbranched alkanes of at least 4 members (excludes halogenated alkanes) is 10. The molecule has 0 spiro atoms. The average molecular weight is 621 g/mol. The van der Waals surface area contributed by atoms with Crippen LogP contribution in [-0.2, 0) is 0 Å². The quantitative estimate of drug-likeness (QED) is 0.0754. The van der Waals surface area contributed by atoms with Gasteiger partial charge in [-0.2, -0.15) is 0 Å². The monoisotopic (exact) mass is 620 g/mol. The number of aromatic amines is 2. The van der Waals surface area contributed by atoms with Gasteiger partial charge in [0, 0.05) is 34.3 Å². The first-order valence-corrected chi connectivity index (χ1v) is 17.3. The lowest BCUT2D eigenvalue weighted by atomic mass is 10.1. The molecule has 6 heteroatoms. The highest BCUT2D eigenvalue weighted by molar-refractivity contribution is 5.96. The van der Waals surface area contributed by atoms with Crippen molar-refractivity contribution in [1.82, 2.24) is 9.97 Å². The van der Waals surface area contributed by atoms with Gasteiger partial charge in [0.25, 0.3) is 0 Å². The predicted molar refractivity (Wildman–Crippen MR) is 191 cm³/mol. The van der Waals surface area contributed by atoms with E-state index in [1.807, 2.05) is 48.5 Å². The van der Waals surface area contributed by atoms with E-state index in [9.17, 15) is 9.59 Å². The summed E-state index contributed by atoms with van der Waals surface area (Å²) in [7, 11) is 0. The second-order valence-electron chi connectivity index (χ2n) is 12.3. The Morgan fingerprint density at radius 1 is 0.478 bits per heavy atom. The first kappa shape index (κ1) is 33.1. The minimum atomic E-state index is -0.104. The summed E-state index contributed by atoms with van der Waals surface area (Å²) in [6.07, 6.45) is 14.7. The van der Waals surface area contributed by atoms with Gasteiger partial charge >= 0.3 is 0 Å². The van der Waals surface area contributed by atoms with Gasteiger partial charge in [0.1, 0.15) is 11.5 Å². The van der Waals surface area contributed by atoms with E-state index in [4.69, 9.17) is 9.47 Å². The van der Waals surface area contributed by atoms with Crippen LogP contribution in [0.2, 0.25) is 0 Å². The number of rotatable bonds is 18. The second kappa shape index (κ2) is 16.8. The number of nitrogens with one attached hydrogen (secondary N) is 2. The van der Waals surface area contributed by atoms with Crippen LogP contribution in [0.15, 0.2) is 82.4 Å². The Morgan fingerprint density at radius 3 is 1.24 bits per heavy atom. The second-order valence-corrected chi connectivity index (χ2v) is 12.3. The Labute approximate surface area is 272 Å². The lowest BCUT2D eigenvalue weighted by Crippen LogP contribution is -2.07. The third-order valence-electron chi connectivity index (χ3n) is 8.64. The molecular formula is C40H48N2O4. The van der Waals surface area contributed by atoms with E-state index in [0.717, 1.165) is 35.5 Å². The Balaban J connectivity index is 1.25. The summed E-state index contributed by atoms with van der Waals surface area (Å²) in [4.78, 5) is 33.3. The zero-order chi connectivity index (χ0) is 32.1. The van der Waals surface area contributed by atoms with E-state index in [1.54, 1.807) is 24.3 Å². The van der Waals surface area contributed by atoms with Crippen LogP contribution in [-0.4, -0.2) is 23.2 Å². The molecule has 5 aromatic rings. The van der Waals surface area contributed by atoms with Gasteiger partial charge in [-0.1, -0.05) is 78.1 Å². The molecule has 0 amide bonds. The number of hydrogen-bond donors (Lipinski definition) is 2. The number of hydrogen-bond acceptors (Lipinski definition) is 4. The van der Waals surface area contributed by atoms with Crippen LogP contribution in [0.3, 0.4) is 0 Å². The van der Waals surface area contributed by atoms with E-state index in [2.05, 4.69) is 23.8 Å². The molecule has 0 saturated carbocycles. The zero-order valence-electron chi connectivity index (χ0n) is 27.5. The van der Waals surface area contributed by atoms with Crippen molar-refractivity contribution in [2.45, 2.75) is 90.9 Å². The Hall–Kier alpha value is -4.32. The summed E-state index contributed by atoms with van der Waals surface area (Å²) >= 11 is 0. The molecule has 0 aliphatic rings. The minimum Gasteiger partial charge on any atom is -0.494 e. The maximum Gasteiger partial charge on any atom is 0.190 e. The Bertz CT molecular complexity index is 1670. The van der Waals surface area contributed by atoms with Gasteiger partial charge in [0.2, 0.25) is 0 Å². The molecule has 2 heterocycles. The summed E-state index contributed by atoms with van der Waals surface area (Å²) in [5, 5.41) is 1.06. The van der Waals surface area contributed by atoms with E-state index >= 15 is 0 Å². The van der Waals surface area contributed by atoms with Crippen molar-refractivity contribution in [3.05, 3.63) is 93.2 Å². The van der Waals surface area contributed by atoms with Gasteiger partial charge in [-0.05, 0) is 84.6 Å². The maximum atomic E-state index is 13.3. The first-order chi connectivity index (χ1) is 22.6. The van der Waals surface area contributed by atoms with E-state index in [0.29, 0.717) is 46.4 Å². The third-order valence-corrected chi connectivity index (χ3v) is 8.64. The van der Waals surface area contributed by atoms with Crippen molar-refractivity contribution in [1.29, 1.82) is 0 Å². The number of fused-ring (bicyclic) bond motifs is 2. The van der Waals surface area contributed by atoms with Gasteiger partial charge in [0.05, 0.1) is 24.2 Å². The molecule has 0 saturated heterocycles. The molecule has 5 rings (SSSR count). The Morgan fingerprint density at radius 2 is 0.848 bits per heavy atom. The molecule has 242 valence electrons. The van der Waals surface area contributed by atoms with Crippen LogP contribution in [0.25, 0.3) is 44.3 Å². The molecule has 6 nitrogen and oxygen atoms in total. The number of aromatic nitrogens is 2. The molecule has 2 aromatic heterocycles. The van der Waals surface area contributed by atoms with Crippen LogP contribution < -0.4 is 20.3 Å². The van der Waals surface area contributed by atoms with Crippen LogP contribution in [0.1, 0.15) is 90.9 Å². The van der Waals surface area contributed by atoms with Gasteiger partial charge in [-0.15, -0.1) is 0 Å². The molecule has 0 aliphatic carbocycles. The highest BCUT2D eigenvalue weighted by Crippen LogP contribution is 2.26. The highest BCUT2D eigenvalue weighted by atomic mass is 16.5. The number of H-pyrrole nitrogens is 2. The molecule has 3 aromatic carbocycles. The van der Waals surface area contributed by atoms with Crippen molar-refractivity contribution in [3.63, 3.8) is 0 Å². The summed E-state index contributed by atoms with van der Waals surface area (Å²) in [6, 6.07) is 22.4. The summed E-state index contributed by atoms with van der Waals surface area (Å²) in [6.45, 7) is 5.88. The number of pyridine rings is 2. The zero-order valence-corrected chi connectivity index (χ0v) is 27.5. The third kappa shape index (κ3) is 8.90. The van der Waals surface area contributed by atoms with Gasteiger partial charge in [0.15, 0.2) is 10.9 Å². The smallest absolute Gasteiger partial charge is 0.190 e. The van der Waals surface area contributed by atoms with Gasteiger partial charge in [-0.25, -0.2) is 0 Å². The van der Waals surface area contributed by atoms with Crippen LogP contribution >= 0.6 is 0 Å². The fourth-order valence-corrected chi connectivity index (χ4v) is 5.91. The van der Waals surface area contributed by atoms with E-state index in [1.165, 1.54) is 64.2 Å². The number of benzene rings is 3. The summed E-state index contributed by atoms with van der Waals surface area (Å²) in [5.41, 5.74) is 4.22. The molecule has 0 unspecified atom stereocenters. The normalized spacial score (nSPS) is 11.3. The highest BCUT2D eigenvalue weighted by Gasteiger charge is 2.11. The standard InChI is InChI=1S/C40H48N2O4/c1-3-5-7-9-11-13-23-45-31-19-15-29(16-20-31)35-27-39(43)33-26-38-34(25-37(33)41-35)40(44)28-36(42-38)30-17-21-32(22-18-30)46-24-14-12-10-8-6-4-2/h15-22,25-28H,3-14,23-24H2,1-2H3,(H,41,43)(H,42,44). The molecule has 2 N–H and O–H groups in total. The topological polar surface area (TPSA) is 84.2 Å². The molecule has 0 radical (unpaired) electrons. The molecule has 0 bridgehead atoms. The van der Waals surface area contributed by atoms with Gasteiger partial charge < -0.3 is 19.4 Å². The largest absolute Gasteiger partial charge is 0.494 e. The van der Waals surface area contributed by atoms with Crippen LogP contribution in [0, 0.1) is 0 Å². The van der Waals surface area contributed by atoms with Crippen LogP contribution in [0.5, 0.6) is 11.5 Å². The summed E-state index contributed by atoms with van der Waals surface area (Å²) in [5.74, 6) is 1.65.